The molecule has 0 saturated carbocycles. The zero-order valence-corrected chi connectivity index (χ0v) is 14.2. The maximum Gasteiger partial charge on any atom is 0.121 e. The molecule has 21 heavy (non-hydrogen) atoms. The summed E-state index contributed by atoms with van der Waals surface area (Å²) in [6.45, 7) is 6.46. The third-order valence-corrected chi connectivity index (χ3v) is 4.94. The Labute approximate surface area is 134 Å². The Kier molecular flexibility index (Phi) is 3.70. The van der Waals surface area contributed by atoms with Crippen LogP contribution in [0.1, 0.15) is 47.6 Å². The highest BCUT2D eigenvalue weighted by Crippen LogP contribution is 2.47. The van der Waals surface area contributed by atoms with Gasteiger partial charge in [0, 0.05) is 15.7 Å². The third-order valence-electron chi connectivity index (χ3n) is 4.44. The van der Waals surface area contributed by atoms with Crippen LogP contribution in [-0.2, 0) is 0 Å². The van der Waals surface area contributed by atoms with Crippen LogP contribution in [0.5, 0.6) is 5.75 Å². The maximum absolute atomic E-state index is 10.3. The highest BCUT2D eigenvalue weighted by Gasteiger charge is 2.32. The lowest BCUT2D eigenvalue weighted by molar-refractivity contribution is 0.465. The number of phenolic OH excluding ortho intramolecular Hbond substituents is 1. The zero-order chi connectivity index (χ0) is 15.1. The minimum Gasteiger partial charge on any atom is -0.508 e. The van der Waals surface area contributed by atoms with Gasteiger partial charge in [-0.3, -0.25) is 0 Å². The summed E-state index contributed by atoms with van der Waals surface area (Å²) in [6, 6.07) is 10.2. The Balaban J connectivity index is 2.00. The van der Waals surface area contributed by atoms with Crippen molar-refractivity contribution in [3.05, 3.63) is 57.1 Å². The van der Waals surface area contributed by atoms with E-state index in [0.29, 0.717) is 11.7 Å². The first-order valence-corrected chi connectivity index (χ1v) is 8.11. The van der Waals surface area contributed by atoms with Crippen molar-refractivity contribution < 1.29 is 5.11 Å². The third kappa shape index (κ3) is 2.55. The Bertz CT molecular complexity index is 696. The molecule has 3 rings (SSSR count). The number of hydrogen-bond acceptors (Lipinski definition) is 2. The van der Waals surface area contributed by atoms with E-state index in [1.165, 1.54) is 16.7 Å². The fourth-order valence-electron chi connectivity index (χ4n) is 3.41. The van der Waals surface area contributed by atoms with Crippen LogP contribution in [-0.4, -0.2) is 5.11 Å². The van der Waals surface area contributed by atoms with Gasteiger partial charge in [0.15, 0.2) is 0 Å². The van der Waals surface area contributed by atoms with E-state index in [2.05, 4.69) is 54.2 Å². The molecule has 0 aromatic heterocycles. The highest BCUT2D eigenvalue weighted by molar-refractivity contribution is 9.10. The number of hydrogen-bond donors (Lipinski definition) is 2. The lowest BCUT2D eigenvalue weighted by Gasteiger charge is -2.19. The van der Waals surface area contributed by atoms with E-state index in [9.17, 15) is 5.11 Å². The van der Waals surface area contributed by atoms with Crippen LogP contribution in [0.15, 0.2) is 34.8 Å². The van der Waals surface area contributed by atoms with Crippen LogP contribution in [0.4, 0.5) is 5.69 Å². The molecule has 0 amide bonds. The van der Waals surface area contributed by atoms with Crippen LogP contribution in [0, 0.1) is 13.8 Å². The van der Waals surface area contributed by atoms with E-state index in [1.54, 1.807) is 0 Å². The Morgan fingerprint density at radius 3 is 2.57 bits per heavy atom. The molecule has 2 aromatic carbocycles. The summed E-state index contributed by atoms with van der Waals surface area (Å²) in [7, 11) is 0. The van der Waals surface area contributed by atoms with E-state index in [1.807, 2.05) is 18.2 Å². The summed E-state index contributed by atoms with van der Waals surface area (Å²) >= 11 is 3.53. The summed E-state index contributed by atoms with van der Waals surface area (Å²) < 4.78 is 1.07. The average molecular weight is 346 g/mol. The lowest BCUT2D eigenvalue weighted by atomic mass is 9.97. The quantitative estimate of drug-likeness (QED) is 0.760. The Hall–Kier alpha value is -1.48. The molecule has 2 N–H and O–H groups in total. The summed E-state index contributed by atoms with van der Waals surface area (Å²) in [5, 5.41) is 13.9. The molecule has 110 valence electrons. The number of aryl methyl sites for hydroxylation is 2. The first-order chi connectivity index (χ1) is 9.97. The van der Waals surface area contributed by atoms with Crippen LogP contribution < -0.4 is 5.32 Å². The van der Waals surface area contributed by atoms with E-state index in [4.69, 9.17) is 0 Å². The molecule has 3 heteroatoms. The van der Waals surface area contributed by atoms with E-state index in [0.717, 1.165) is 22.1 Å². The van der Waals surface area contributed by atoms with Crippen LogP contribution in [0.3, 0.4) is 0 Å². The second-order valence-corrected chi connectivity index (χ2v) is 6.94. The number of benzene rings is 2. The average Bonchev–Trinajstić information content (AvgIpc) is 2.76. The fourth-order valence-corrected chi connectivity index (χ4v) is 3.77. The molecule has 0 aliphatic heterocycles. The highest BCUT2D eigenvalue weighted by atomic mass is 79.9. The largest absolute Gasteiger partial charge is 0.508 e. The first kappa shape index (κ1) is 14.5. The lowest BCUT2D eigenvalue weighted by Crippen LogP contribution is -2.08. The first-order valence-electron chi connectivity index (χ1n) is 7.32. The van der Waals surface area contributed by atoms with Crippen LogP contribution in [0.2, 0.25) is 0 Å². The fraction of sp³-hybridized carbons (Fsp3) is 0.333. The molecule has 2 unspecified atom stereocenters. The predicted octanol–water partition coefficient (Wildman–Crippen LogP) is 5.43. The molecule has 2 atom stereocenters. The van der Waals surface area contributed by atoms with Crippen molar-refractivity contribution in [2.75, 3.05) is 5.32 Å². The standard InChI is InChI=1S/C18H20BrNO/c1-10-4-6-13(19)9-14(10)20-15-8-12(3)17-11(2)5-7-16(21)18(15)17/h4-7,9,12,15,20-21H,8H2,1-3H3. The Morgan fingerprint density at radius 1 is 1.10 bits per heavy atom. The molecule has 1 aliphatic rings. The van der Waals surface area contributed by atoms with Gasteiger partial charge < -0.3 is 10.4 Å². The maximum atomic E-state index is 10.3. The number of fused-ring (bicyclic) bond motifs is 1. The number of anilines is 1. The zero-order valence-electron chi connectivity index (χ0n) is 12.6. The van der Waals surface area contributed by atoms with Gasteiger partial charge in [0.2, 0.25) is 0 Å². The molecule has 2 aromatic rings. The number of phenols is 1. The molecule has 0 fully saturated rings. The molecule has 0 bridgehead atoms. The van der Waals surface area contributed by atoms with Gasteiger partial charge in [0.05, 0.1) is 6.04 Å². The summed E-state index contributed by atoms with van der Waals surface area (Å²) in [5.74, 6) is 0.877. The minimum atomic E-state index is 0.169. The second kappa shape index (κ2) is 5.38. The van der Waals surface area contributed by atoms with Gasteiger partial charge >= 0.3 is 0 Å². The summed E-state index contributed by atoms with van der Waals surface area (Å²) in [4.78, 5) is 0. The number of nitrogens with one attached hydrogen (secondary N) is 1. The molecule has 1 aliphatic carbocycles. The molecule has 2 nitrogen and oxygen atoms in total. The van der Waals surface area contributed by atoms with Crippen molar-refractivity contribution in [3.8, 4) is 5.75 Å². The van der Waals surface area contributed by atoms with Crippen molar-refractivity contribution in [2.45, 2.75) is 39.2 Å². The smallest absolute Gasteiger partial charge is 0.121 e. The van der Waals surface area contributed by atoms with Gasteiger partial charge in [-0.1, -0.05) is 35.0 Å². The summed E-state index contributed by atoms with van der Waals surface area (Å²) in [6.07, 6.45) is 1.01. The second-order valence-electron chi connectivity index (χ2n) is 6.02. The number of halogens is 1. The molecule has 0 spiro atoms. The van der Waals surface area contributed by atoms with Crippen molar-refractivity contribution in [3.63, 3.8) is 0 Å². The van der Waals surface area contributed by atoms with Crippen molar-refractivity contribution in [1.82, 2.24) is 0 Å². The predicted molar refractivity (Wildman–Crippen MR) is 91.1 cm³/mol. The van der Waals surface area contributed by atoms with Gasteiger partial charge in [-0.25, -0.2) is 0 Å². The normalized spacial score (nSPS) is 20.4. The van der Waals surface area contributed by atoms with Crippen LogP contribution in [0.25, 0.3) is 0 Å². The number of rotatable bonds is 2. The minimum absolute atomic E-state index is 0.169. The molecular weight excluding hydrogens is 326 g/mol. The molecule has 0 heterocycles. The SMILES string of the molecule is Cc1ccc(Br)cc1NC1CC(C)c2c(C)ccc(O)c21. The monoisotopic (exact) mass is 345 g/mol. The van der Waals surface area contributed by atoms with Crippen molar-refractivity contribution >= 4 is 21.6 Å². The summed E-state index contributed by atoms with van der Waals surface area (Å²) in [5.41, 5.74) is 5.98. The van der Waals surface area contributed by atoms with E-state index >= 15 is 0 Å². The van der Waals surface area contributed by atoms with Crippen molar-refractivity contribution in [1.29, 1.82) is 0 Å². The number of aromatic hydroxyl groups is 1. The van der Waals surface area contributed by atoms with Crippen molar-refractivity contribution in [2.24, 2.45) is 0 Å². The van der Waals surface area contributed by atoms with Gasteiger partial charge in [0.25, 0.3) is 0 Å². The van der Waals surface area contributed by atoms with Gasteiger partial charge in [-0.05, 0) is 61.1 Å². The van der Waals surface area contributed by atoms with Gasteiger partial charge in [0.1, 0.15) is 5.75 Å². The van der Waals surface area contributed by atoms with E-state index in [-0.39, 0.29) is 6.04 Å². The molecule has 0 radical (unpaired) electrons. The Morgan fingerprint density at radius 2 is 1.81 bits per heavy atom. The molecule has 0 saturated heterocycles. The van der Waals surface area contributed by atoms with E-state index < -0.39 is 0 Å². The van der Waals surface area contributed by atoms with Crippen LogP contribution >= 0.6 is 15.9 Å². The molecular formula is C18H20BrNO. The topological polar surface area (TPSA) is 32.3 Å². The van der Waals surface area contributed by atoms with Gasteiger partial charge in [-0.15, -0.1) is 0 Å². The van der Waals surface area contributed by atoms with Gasteiger partial charge in [-0.2, -0.15) is 0 Å².